The standard InChI is InChI=1S/C19H19N3O2S/c1-24-15-8-6-13(7-9-15)10-20-18(23)14-11-22(12-14)19-21-16-4-2-3-5-17(16)25-19/h2-9,14H,10-12H2,1H3,(H,20,23). The summed E-state index contributed by atoms with van der Waals surface area (Å²) < 4.78 is 6.32. The molecule has 1 saturated heterocycles. The van der Waals surface area contributed by atoms with Crippen molar-refractivity contribution in [2.75, 3.05) is 25.1 Å². The number of nitrogens with one attached hydrogen (secondary N) is 1. The fourth-order valence-corrected chi connectivity index (χ4v) is 3.86. The van der Waals surface area contributed by atoms with E-state index in [1.807, 2.05) is 42.5 Å². The highest BCUT2D eigenvalue weighted by Gasteiger charge is 2.34. The van der Waals surface area contributed by atoms with Gasteiger partial charge >= 0.3 is 0 Å². The zero-order chi connectivity index (χ0) is 17.2. The Morgan fingerprint density at radius 2 is 2.00 bits per heavy atom. The predicted molar refractivity (Wildman–Crippen MR) is 100 cm³/mol. The van der Waals surface area contributed by atoms with Gasteiger partial charge in [0.2, 0.25) is 5.91 Å². The molecule has 1 aromatic heterocycles. The van der Waals surface area contributed by atoms with Crippen LogP contribution in [0, 0.1) is 5.92 Å². The number of nitrogens with zero attached hydrogens (tertiary/aromatic N) is 2. The third kappa shape index (κ3) is 3.30. The first-order valence-corrected chi connectivity index (χ1v) is 9.06. The summed E-state index contributed by atoms with van der Waals surface area (Å²) in [5.41, 5.74) is 2.09. The average Bonchev–Trinajstić information content (AvgIpc) is 3.02. The first-order valence-electron chi connectivity index (χ1n) is 8.24. The topological polar surface area (TPSA) is 54.5 Å². The largest absolute Gasteiger partial charge is 0.497 e. The molecular weight excluding hydrogens is 334 g/mol. The number of methoxy groups -OCH3 is 1. The molecular formula is C19H19N3O2S. The molecule has 6 heteroatoms. The van der Waals surface area contributed by atoms with Gasteiger partial charge in [0, 0.05) is 19.6 Å². The van der Waals surface area contributed by atoms with E-state index in [9.17, 15) is 4.79 Å². The van der Waals surface area contributed by atoms with Crippen LogP contribution in [0.1, 0.15) is 5.56 Å². The maximum atomic E-state index is 12.3. The van der Waals surface area contributed by atoms with Gasteiger partial charge in [0.1, 0.15) is 5.75 Å². The van der Waals surface area contributed by atoms with Crippen LogP contribution in [0.2, 0.25) is 0 Å². The summed E-state index contributed by atoms with van der Waals surface area (Å²) >= 11 is 1.68. The Kier molecular flexibility index (Phi) is 4.28. The van der Waals surface area contributed by atoms with Crippen molar-refractivity contribution < 1.29 is 9.53 Å². The maximum absolute atomic E-state index is 12.3. The Bertz CT molecular complexity index is 852. The second kappa shape index (κ2) is 6.72. The quantitative estimate of drug-likeness (QED) is 0.766. The fourth-order valence-electron chi connectivity index (χ4n) is 2.87. The van der Waals surface area contributed by atoms with E-state index in [1.54, 1.807) is 18.4 Å². The molecule has 0 spiro atoms. The summed E-state index contributed by atoms with van der Waals surface area (Å²) in [5.74, 6) is 0.957. The molecule has 128 valence electrons. The van der Waals surface area contributed by atoms with Gasteiger partial charge < -0.3 is 15.0 Å². The summed E-state index contributed by atoms with van der Waals surface area (Å²) in [6, 6.07) is 15.9. The monoisotopic (exact) mass is 353 g/mol. The summed E-state index contributed by atoms with van der Waals surface area (Å²) in [7, 11) is 1.64. The molecule has 2 heterocycles. The molecule has 1 N–H and O–H groups in total. The van der Waals surface area contributed by atoms with Crippen molar-refractivity contribution in [3.05, 3.63) is 54.1 Å². The van der Waals surface area contributed by atoms with Crippen LogP contribution in [0.5, 0.6) is 5.75 Å². The normalized spacial score (nSPS) is 14.4. The van der Waals surface area contributed by atoms with E-state index in [2.05, 4.69) is 21.3 Å². The van der Waals surface area contributed by atoms with Crippen LogP contribution in [0.3, 0.4) is 0 Å². The van der Waals surface area contributed by atoms with Crippen LogP contribution < -0.4 is 15.0 Å². The minimum absolute atomic E-state index is 0.0326. The molecule has 0 bridgehead atoms. The molecule has 3 aromatic rings. The lowest BCUT2D eigenvalue weighted by Gasteiger charge is -2.37. The SMILES string of the molecule is COc1ccc(CNC(=O)C2CN(c3nc4ccccc4s3)C2)cc1. The van der Waals surface area contributed by atoms with Crippen molar-refractivity contribution in [2.24, 2.45) is 5.92 Å². The van der Waals surface area contributed by atoms with Gasteiger partial charge in [-0.3, -0.25) is 4.79 Å². The van der Waals surface area contributed by atoms with Gasteiger partial charge in [-0.05, 0) is 29.8 Å². The third-order valence-electron chi connectivity index (χ3n) is 4.43. The number of para-hydroxylation sites is 1. The van der Waals surface area contributed by atoms with Gasteiger partial charge in [0.15, 0.2) is 5.13 Å². The fraction of sp³-hybridized carbons (Fsp3) is 0.263. The highest BCUT2D eigenvalue weighted by Crippen LogP contribution is 2.32. The summed E-state index contributed by atoms with van der Waals surface area (Å²) in [5, 5.41) is 4.01. The van der Waals surface area contributed by atoms with Gasteiger partial charge in [0.05, 0.1) is 23.2 Å². The maximum Gasteiger partial charge on any atom is 0.226 e. The van der Waals surface area contributed by atoms with E-state index in [4.69, 9.17) is 4.74 Å². The van der Waals surface area contributed by atoms with Crippen molar-refractivity contribution in [2.45, 2.75) is 6.54 Å². The Morgan fingerprint density at radius 1 is 1.24 bits per heavy atom. The average molecular weight is 353 g/mol. The molecule has 0 unspecified atom stereocenters. The molecule has 1 fully saturated rings. The summed E-state index contributed by atoms with van der Waals surface area (Å²) in [6.07, 6.45) is 0. The number of anilines is 1. The number of hydrogen-bond donors (Lipinski definition) is 1. The lowest BCUT2D eigenvalue weighted by atomic mass is 10.00. The molecule has 4 rings (SSSR count). The van der Waals surface area contributed by atoms with Gasteiger partial charge in [-0.25, -0.2) is 4.98 Å². The van der Waals surface area contributed by atoms with Gasteiger partial charge in [-0.15, -0.1) is 0 Å². The molecule has 0 saturated carbocycles. The number of ether oxygens (including phenoxy) is 1. The zero-order valence-corrected chi connectivity index (χ0v) is 14.8. The van der Waals surface area contributed by atoms with E-state index >= 15 is 0 Å². The molecule has 5 nitrogen and oxygen atoms in total. The van der Waals surface area contributed by atoms with E-state index in [0.29, 0.717) is 6.54 Å². The molecule has 1 aliphatic rings. The van der Waals surface area contributed by atoms with Crippen LogP contribution >= 0.6 is 11.3 Å². The van der Waals surface area contributed by atoms with Crippen molar-refractivity contribution in [3.63, 3.8) is 0 Å². The smallest absolute Gasteiger partial charge is 0.226 e. The van der Waals surface area contributed by atoms with Crippen molar-refractivity contribution in [3.8, 4) is 5.75 Å². The second-order valence-corrected chi connectivity index (χ2v) is 7.14. The molecule has 0 aliphatic carbocycles. The number of benzene rings is 2. The summed E-state index contributed by atoms with van der Waals surface area (Å²) in [4.78, 5) is 19.1. The number of rotatable bonds is 5. The summed E-state index contributed by atoms with van der Waals surface area (Å²) in [6.45, 7) is 2.00. The highest BCUT2D eigenvalue weighted by atomic mass is 32.1. The van der Waals surface area contributed by atoms with Crippen molar-refractivity contribution >= 4 is 32.6 Å². The van der Waals surface area contributed by atoms with E-state index in [0.717, 1.165) is 35.1 Å². The van der Waals surface area contributed by atoms with Gasteiger partial charge in [-0.2, -0.15) is 0 Å². The molecule has 2 aromatic carbocycles. The second-order valence-electron chi connectivity index (χ2n) is 6.13. The van der Waals surface area contributed by atoms with Gasteiger partial charge in [-0.1, -0.05) is 35.6 Å². The van der Waals surface area contributed by atoms with Crippen LogP contribution in [0.15, 0.2) is 48.5 Å². The molecule has 1 amide bonds. The zero-order valence-electron chi connectivity index (χ0n) is 13.9. The highest BCUT2D eigenvalue weighted by molar-refractivity contribution is 7.22. The van der Waals surface area contributed by atoms with E-state index < -0.39 is 0 Å². The molecule has 1 aliphatic heterocycles. The number of carbonyl (C=O) groups excluding carboxylic acids is 1. The minimum Gasteiger partial charge on any atom is -0.497 e. The number of aromatic nitrogens is 1. The Morgan fingerprint density at radius 3 is 2.72 bits per heavy atom. The third-order valence-corrected chi connectivity index (χ3v) is 5.53. The van der Waals surface area contributed by atoms with E-state index in [1.165, 1.54) is 4.70 Å². The first-order chi connectivity index (χ1) is 12.2. The predicted octanol–water partition coefficient (Wildman–Crippen LogP) is 3.06. The number of carbonyl (C=O) groups is 1. The number of thiazole rings is 1. The number of fused-ring (bicyclic) bond motifs is 1. The minimum atomic E-state index is 0.0326. The Balaban J connectivity index is 1.30. The van der Waals surface area contributed by atoms with E-state index in [-0.39, 0.29) is 11.8 Å². The van der Waals surface area contributed by atoms with Gasteiger partial charge in [0.25, 0.3) is 0 Å². The van der Waals surface area contributed by atoms with Crippen LogP contribution in [-0.2, 0) is 11.3 Å². The number of hydrogen-bond acceptors (Lipinski definition) is 5. The van der Waals surface area contributed by atoms with Crippen molar-refractivity contribution in [1.29, 1.82) is 0 Å². The Labute approximate surface area is 150 Å². The number of amides is 1. The lowest BCUT2D eigenvalue weighted by molar-refractivity contribution is -0.125. The Hall–Kier alpha value is -2.60. The van der Waals surface area contributed by atoms with Crippen molar-refractivity contribution in [1.82, 2.24) is 10.3 Å². The van der Waals surface area contributed by atoms with Crippen LogP contribution in [-0.4, -0.2) is 31.1 Å². The van der Waals surface area contributed by atoms with Crippen LogP contribution in [0.4, 0.5) is 5.13 Å². The molecule has 25 heavy (non-hydrogen) atoms. The van der Waals surface area contributed by atoms with Crippen LogP contribution in [0.25, 0.3) is 10.2 Å². The molecule has 0 atom stereocenters. The molecule has 0 radical (unpaired) electrons. The lowest BCUT2D eigenvalue weighted by Crippen LogP contribution is -2.53. The first kappa shape index (κ1) is 15.9.